The minimum Gasteiger partial charge on any atom is -0.376 e. The van der Waals surface area contributed by atoms with Gasteiger partial charge in [-0.05, 0) is 72.2 Å². The fourth-order valence-corrected chi connectivity index (χ4v) is 7.06. The summed E-state index contributed by atoms with van der Waals surface area (Å²) in [4.78, 5) is 0. The fourth-order valence-electron chi connectivity index (χ4n) is 7.06. The van der Waals surface area contributed by atoms with E-state index in [-0.39, 0.29) is 0 Å². The molecule has 7 aromatic rings. The Morgan fingerprint density at radius 2 is 0.540 bits per heavy atom. The minimum atomic E-state index is -1.37. The van der Waals surface area contributed by atoms with E-state index >= 15 is 0 Å². The van der Waals surface area contributed by atoms with Gasteiger partial charge in [-0.3, -0.25) is 0 Å². The predicted octanol–water partition coefficient (Wildman–Crippen LogP) is 10.8. The van der Waals surface area contributed by atoms with Gasteiger partial charge in [0.25, 0.3) is 0 Å². The molecule has 246 valence electrons. The Bertz CT molecular complexity index is 1970. The quantitative estimate of drug-likeness (QED) is 0.161. The highest BCUT2D eigenvalue weighted by Crippen LogP contribution is 2.44. The van der Waals surface area contributed by atoms with Crippen molar-refractivity contribution in [1.29, 1.82) is 0 Å². The number of hydrogen-bond donors (Lipinski definition) is 2. The molecule has 0 aliphatic rings. The van der Waals surface area contributed by atoms with E-state index in [4.69, 9.17) is 0 Å². The second-order valence-electron chi connectivity index (χ2n) is 13.6. The summed E-state index contributed by atoms with van der Waals surface area (Å²) in [5.74, 6) is 0. The van der Waals surface area contributed by atoms with Gasteiger partial charge in [0, 0.05) is 11.1 Å². The van der Waals surface area contributed by atoms with Crippen LogP contribution in [-0.4, -0.2) is 10.2 Å². The standard InChI is InChI=1S/C48H42O2/c1-33-13-25-39(26-14-33)47(49,40-27-15-34(2)16-28-40)45-11-7-5-9-43(45)37-21-23-38(24-22-37)44-10-6-8-12-46(44)48(50,41-29-17-35(3)18-30-41)42-31-19-36(4)20-32-42/h5-32,49-50H,1-4H3. The number of hydrogen-bond acceptors (Lipinski definition) is 2. The van der Waals surface area contributed by atoms with Gasteiger partial charge in [-0.1, -0.05) is 192 Å². The average Bonchev–Trinajstić information content (AvgIpc) is 3.15. The summed E-state index contributed by atoms with van der Waals surface area (Å²) in [7, 11) is 0. The van der Waals surface area contributed by atoms with E-state index in [1.165, 1.54) is 0 Å². The molecule has 50 heavy (non-hydrogen) atoms. The van der Waals surface area contributed by atoms with Crippen molar-refractivity contribution in [2.75, 3.05) is 0 Å². The molecule has 0 heterocycles. The summed E-state index contributed by atoms with van der Waals surface area (Å²) in [6, 6.07) is 57.3. The second kappa shape index (κ2) is 13.4. The first-order valence-electron chi connectivity index (χ1n) is 17.2. The van der Waals surface area contributed by atoms with E-state index in [1.807, 2.05) is 84.9 Å². The first kappa shape index (κ1) is 33.0. The van der Waals surface area contributed by atoms with Crippen molar-refractivity contribution >= 4 is 0 Å². The lowest BCUT2D eigenvalue weighted by atomic mass is 9.76. The normalized spacial score (nSPS) is 11.8. The summed E-state index contributed by atoms with van der Waals surface area (Å²) in [6.45, 7) is 8.24. The van der Waals surface area contributed by atoms with Crippen molar-refractivity contribution in [1.82, 2.24) is 0 Å². The third-order valence-electron chi connectivity index (χ3n) is 10.0. The highest BCUT2D eigenvalue weighted by molar-refractivity contribution is 5.77. The SMILES string of the molecule is Cc1ccc(C(O)(c2ccc(C)cc2)c2ccccc2-c2ccc(-c3ccccc3C(O)(c3ccc(C)cc3)c3ccc(C)cc3)cc2)cc1. The summed E-state index contributed by atoms with van der Waals surface area (Å²) < 4.78 is 0. The zero-order valence-electron chi connectivity index (χ0n) is 29.1. The van der Waals surface area contributed by atoms with E-state index in [2.05, 4.69) is 113 Å². The molecule has 0 unspecified atom stereocenters. The van der Waals surface area contributed by atoms with Crippen LogP contribution in [0.5, 0.6) is 0 Å². The van der Waals surface area contributed by atoms with Gasteiger partial charge in [0.15, 0.2) is 0 Å². The van der Waals surface area contributed by atoms with Crippen LogP contribution in [0.4, 0.5) is 0 Å². The predicted molar refractivity (Wildman–Crippen MR) is 206 cm³/mol. The molecule has 0 saturated heterocycles. The largest absolute Gasteiger partial charge is 0.376 e. The molecule has 2 nitrogen and oxygen atoms in total. The number of aliphatic hydroxyl groups is 2. The Hall–Kier alpha value is -5.54. The molecule has 7 rings (SSSR count). The van der Waals surface area contributed by atoms with Crippen LogP contribution in [0.15, 0.2) is 170 Å². The molecule has 0 radical (unpaired) electrons. The first-order chi connectivity index (χ1) is 24.2. The van der Waals surface area contributed by atoms with Gasteiger partial charge < -0.3 is 10.2 Å². The van der Waals surface area contributed by atoms with Crippen LogP contribution < -0.4 is 0 Å². The molecular weight excluding hydrogens is 609 g/mol. The van der Waals surface area contributed by atoms with Crippen LogP contribution in [0, 0.1) is 27.7 Å². The maximum atomic E-state index is 12.8. The van der Waals surface area contributed by atoms with Crippen LogP contribution in [0.1, 0.15) is 55.6 Å². The molecule has 0 bridgehead atoms. The van der Waals surface area contributed by atoms with E-state index in [1.54, 1.807) is 0 Å². The van der Waals surface area contributed by atoms with Gasteiger partial charge in [0.2, 0.25) is 0 Å². The molecule has 2 heteroatoms. The number of rotatable bonds is 8. The molecule has 2 N–H and O–H groups in total. The van der Waals surface area contributed by atoms with Crippen molar-refractivity contribution in [3.63, 3.8) is 0 Å². The number of benzene rings is 7. The molecule has 0 aliphatic carbocycles. The maximum Gasteiger partial charge on any atom is 0.141 e. The molecule has 0 fully saturated rings. The Labute approximate surface area is 296 Å². The molecule has 0 aliphatic heterocycles. The van der Waals surface area contributed by atoms with Crippen LogP contribution in [-0.2, 0) is 11.2 Å². The van der Waals surface area contributed by atoms with Gasteiger partial charge >= 0.3 is 0 Å². The van der Waals surface area contributed by atoms with Gasteiger partial charge in [0.1, 0.15) is 11.2 Å². The molecule has 0 amide bonds. The Balaban J connectivity index is 1.35. The highest BCUT2D eigenvalue weighted by Gasteiger charge is 2.37. The van der Waals surface area contributed by atoms with E-state index in [0.717, 1.165) is 77.9 Å². The highest BCUT2D eigenvalue weighted by atomic mass is 16.3. The lowest BCUT2D eigenvalue weighted by Crippen LogP contribution is -2.29. The topological polar surface area (TPSA) is 40.5 Å². The first-order valence-corrected chi connectivity index (χ1v) is 17.2. The van der Waals surface area contributed by atoms with Crippen molar-refractivity contribution in [3.8, 4) is 22.3 Å². The van der Waals surface area contributed by atoms with Gasteiger partial charge in [0.05, 0.1) is 0 Å². The average molecular weight is 651 g/mol. The molecule has 0 aromatic heterocycles. The van der Waals surface area contributed by atoms with Crippen molar-refractivity contribution < 1.29 is 10.2 Å². The van der Waals surface area contributed by atoms with Crippen LogP contribution in [0.25, 0.3) is 22.3 Å². The van der Waals surface area contributed by atoms with E-state index in [9.17, 15) is 10.2 Å². The molecule has 7 aromatic carbocycles. The fraction of sp³-hybridized carbons (Fsp3) is 0.125. The third-order valence-corrected chi connectivity index (χ3v) is 10.0. The summed E-state index contributed by atoms with van der Waals surface area (Å²) in [6.07, 6.45) is 0. The maximum absolute atomic E-state index is 12.8. The second-order valence-corrected chi connectivity index (χ2v) is 13.6. The van der Waals surface area contributed by atoms with Crippen LogP contribution in [0.3, 0.4) is 0 Å². The number of aryl methyl sites for hydroxylation is 4. The minimum absolute atomic E-state index is 0.814. The van der Waals surface area contributed by atoms with Crippen molar-refractivity contribution in [2.45, 2.75) is 38.9 Å². The summed E-state index contributed by atoms with van der Waals surface area (Å²) in [5.41, 5.74) is 10.6. The van der Waals surface area contributed by atoms with Gasteiger partial charge in [-0.25, -0.2) is 0 Å². The molecule has 0 spiro atoms. The molecule has 0 atom stereocenters. The van der Waals surface area contributed by atoms with Crippen LogP contribution >= 0.6 is 0 Å². The summed E-state index contributed by atoms with van der Waals surface area (Å²) >= 11 is 0. The zero-order chi connectivity index (χ0) is 34.9. The van der Waals surface area contributed by atoms with Crippen molar-refractivity contribution in [2.24, 2.45) is 0 Å². The lowest BCUT2D eigenvalue weighted by molar-refractivity contribution is 0.126. The van der Waals surface area contributed by atoms with Gasteiger partial charge in [-0.2, -0.15) is 0 Å². The molecular formula is C48H42O2. The third kappa shape index (κ3) is 5.98. The monoisotopic (exact) mass is 650 g/mol. The van der Waals surface area contributed by atoms with E-state index < -0.39 is 11.2 Å². The van der Waals surface area contributed by atoms with Gasteiger partial charge in [-0.15, -0.1) is 0 Å². The van der Waals surface area contributed by atoms with Crippen LogP contribution in [0.2, 0.25) is 0 Å². The van der Waals surface area contributed by atoms with Crippen molar-refractivity contribution in [3.05, 3.63) is 225 Å². The Kier molecular flexibility index (Phi) is 8.84. The Morgan fingerprint density at radius 1 is 0.300 bits per heavy atom. The van der Waals surface area contributed by atoms with E-state index in [0.29, 0.717) is 0 Å². The zero-order valence-corrected chi connectivity index (χ0v) is 29.1. The Morgan fingerprint density at radius 3 is 0.800 bits per heavy atom. The summed E-state index contributed by atoms with van der Waals surface area (Å²) in [5, 5.41) is 25.7. The smallest absolute Gasteiger partial charge is 0.141 e. The molecule has 0 saturated carbocycles. The lowest BCUT2D eigenvalue weighted by Gasteiger charge is -2.33.